The molecule has 1 aliphatic heterocycles. The van der Waals surface area contributed by atoms with E-state index in [0.717, 1.165) is 37.4 Å². The summed E-state index contributed by atoms with van der Waals surface area (Å²) in [6.07, 6.45) is 1.88. The van der Waals surface area contributed by atoms with Gasteiger partial charge in [-0.15, -0.1) is 0 Å². The predicted octanol–water partition coefficient (Wildman–Crippen LogP) is 2.93. The summed E-state index contributed by atoms with van der Waals surface area (Å²) in [5.74, 6) is 0.772. The lowest BCUT2D eigenvalue weighted by molar-refractivity contribution is 0.232. The summed E-state index contributed by atoms with van der Waals surface area (Å²) in [7, 11) is 1.62. The number of hydrogen-bond donors (Lipinski definition) is 1. The van der Waals surface area contributed by atoms with Crippen LogP contribution in [0.2, 0.25) is 0 Å². The zero-order valence-electron chi connectivity index (χ0n) is 11.9. The van der Waals surface area contributed by atoms with E-state index in [4.69, 9.17) is 10.00 Å². The van der Waals surface area contributed by atoms with Crippen molar-refractivity contribution >= 4 is 22.0 Å². The molecule has 106 valence electrons. The monoisotopic (exact) mass is 337 g/mol. The minimum absolute atomic E-state index is 0.243. The number of urea groups is 1. The molecule has 1 aliphatic rings. The van der Waals surface area contributed by atoms with Crippen LogP contribution in [-0.2, 0) is 0 Å². The number of rotatable bonds is 2. The van der Waals surface area contributed by atoms with E-state index < -0.39 is 0 Å². The third-order valence-corrected chi connectivity index (χ3v) is 4.98. The number of amides is 2. The Morgan fingerprint density at radius 3 is 2.50 bits per heavy atom. The zero-order valence-corrected chi connectivity index (χ0v) is 13.5. The molecule has 0 spiro atoms. The van der Waals surface area contributed by atoms with Crippen LogP contribution in [0.3, 0.4) is 0 Å². The Hall–Kier alpha value is -1.74. The summed E-state index contributed by atoms with van der Waals surface area (Å²) < 4.78 is 6.55. The van der Waals surface area contributed by atoms with Crippen LogP contribution < -0.4 is 10.1 Å². The molecule has 20 heavy (non-hydrogen) atoms. The van der Waals surface area contributed by atoms with Gasteiger partial charge in [0.2, 0.25) is 0 Å². The number of carbonyl (C=O) groups is 1. The molecule has 5 nitrogen and oxygen atoms in total. The molecular weight excluding hydrogens is 322 g/mol. The molecule has 1 atom stereocenters. The smallest absolute Gasteiger partial charge is 0.331 e. The topological polar surface area (TPSA) is 65.4 Å². The lowest BCUT2D eigenvalue weighted by Gasteiger charge is -2.22. The van der Waals surface area contributed by atoms with Gasteiger partial charge in [0.05, 0.1) is 19.7 Å². The second-order valence-corrected chi connectivity index (χ2v) is 5.64. The molecule has 2 amide bonds. The van der Waals surface area contributed by atoms with Gasteiger partial charge in [0, 0.05) is 10.0 Å². The van der Waals surface area contributed by atoms with Crippen molar-refractivity contribution in [2.75, 3.05) is 13.7 Å². The fraction of sp³-hybridized carbons (Fsp3) is 0.429. The standard InChI is InChI=1S/C14H16BrN3O2/c1-7-8(2)13(20-4)11(9(3)12(7)15)10-5-18(6-16)14(19)17-10/h10H,5H2,1-4H3,(H,17,19). The van der Waals surface area contributed by atoms with Crippen LogP contribution in [0.5, 0.6) is 5.75 Å². The molecule has 0 radical (unpaired) electrons. The molecule has 0 saturated carbocycles. The minimum atomic E-state index is -0.367. The summed E-state index contributed by atoms with van der Waals surface area (Å²) in [5.41, 5.74) is 4.10. The van der Waals surface area contributed by atoms with Crippen LogP contribution in [-0.4, -0.2) is 24.6 Å². The molecule has 1 saturated heterocycles. The number of nitriles is 1. The van der Waals surface area contributed by atoms with Gasteiger partial charge in [-0.05, 0) is 37.5 Å². The van der Waals surface area contributed by atoms with Gasteiger partial charge in [0.15, 0.2) is 6.19 Å². The number of carbonyl (C=O) groups excluding carboxylic acids is 1. The average Bonchev–Trinajstić information content (AvgIpc) is 2.80. The van der Waals surface area contributed by atoms with E-state index >= 15 is 0 Å². The van der Waals surface area contributed by atoms with E-state index in [1.807, 2.05) is 27.0 Å². The first kappa shape index (κ1) is 14.7. The maximum Gasteiger partial charge on any atom is 0.331 e. The Balaban J connectivity index is 2.58. The van der Waals surface area contributed by atoms with Gasteiger partial charge in [0.25, 0.3) is 0 Å². The fourth-order valence-electron chi connectivity index (χ4n) is 2.58. The van der Waals surface area contributed by atoms with Gasteiger partial charge in [0.1, 0.15) is 5.75 Å². The van der Waals surface area contributed by atoms with Crippen molar-refractivity contribution in [2.24, 2.45) is 0 Å². The molecule has 1 unspecified atom stereocenters. The maximum atomic E-state index is 11.7. The highest BCUT2D eigenvalue weighted by Crippen LogP contribution is 2.40. The van der Waals surface area contributed by atoms with Crippen molar-refractivity contribution in [1.29, 1.82) is 5.26 Å². The quantitative estimate of drug-likeness (QED) is 0.843. The third kappa shape index (κ3) is 2.12. The normalized spacial score (nSPS) is 17.9. The number of halogens is 1. The first-order valence-electron chi connectivity index (χ1n) is 6.23. The summed E-state index contributed by atoms with van der Waals surface area (Å²) in [4.78, 5) is 12.8. The van der Waals surface area contributed by atoms with E-state index in [-0.39, 0.29) is 12.1 Å². The highest BCUT2D eigenvalue weighted by Gasteiger charge is 2.34. The van der Waals surface area contributed by atoms with E-state index in [1.54, 1.807) is 7.11 Å². The van der Waals surface area contributed by atoms with Crippen LogP contribution in [0.25, 0.3) is 0 Å². The number of methoxy groups -OCH3 is 1. The summed E-state index contributed by atoms with van der Waals surface area (Å²) in [6, 6.07) is -0.610. The van der Waals surface area contributed by atoms with Crippen molar-refractivity contribution < 1.29 is 9.53 Å². The van der Waals surface area contributed by atoms with Crippen molar-refractivity contribution in [1.82, 2.24) is 10.2 Å². The van der Waals surface area contributed by atoms with Gasteiger partial charge in [-0.25, -0.2) is 9.69 Å². The third-order valence-electron chi connectivity index (χ3n) is 3.79. The van der Waals surface area contributed by atoms with Gasteiger partial charge in [-0.3, -0.25) is 0 Å². The van der Waals surface area contributed by atoms with Crippen molar-refractivity contribution in [3.8, 4) is 11.9 Å². The van der Waals surface area contributed by atoms with Crippen LogP contribution in [0.15, 0.2) is 4.47 Å². The van der Waals surface area contributed by atoms with Crippen LogP contribution >= 0.6 is 15.9 Å². The molecule has 1 fully saturated rings. The lowest BCUT2D eigenvalue weighted by atomic mass is 9.94. The van der Waals surface area contributed by atoms with Gasteiger partial charge in [-0.1, -0.05) is 15.9 Å². The molecule has 0 aromatic heterocycles. The SMILES string of the molecule is COc1c(C)c(C)c(Br)c(C)c1C1CN(C#N)C(=O)N1. The van der Waals surface area contributed by atoms with Crippen molar-refractivity contribution in [3.05, 3.63) is 26.7 Å². The molecule has 2 rings (SSSR count). The van der Waals surface area contributed by atoms with E-state index in [2.05, 4.69) is 21.2 Å². The highest BCUT2D eigenvalue weighted by atomic mass is 79.9. The molecule has 1 heterocycles. The van der Waals surface area contributed by atoms with Crippen molar-refractivity contribution in [3.63, 3.8) is 0 Å². The Morgan fingerprint density at radius 2 is 2.00 bits per heavy atom. The van der Waals surface area contributed by atoms with Crippen LogP contribution in [0, 0.1) is 32.2 Å². The zero-order chi connectivity index (χ0) is 15.0. The van der Waals surface area contributed by atoms with E-state index in [1.165, 1.54) is 0 Å². The van der Waals surface area contributed by atoms with E-state index in [0.29, 0.717) is 6.54 Å². The Labute approximate surface area is 126 Å². The second kappa shape index (κ2) is 5.33. The van der Waals surface area contributed by atoms with Gasteiger partial charge >= 0.3 is 6.03 Å². The number of nitrogens with zero attached hydrogens (tertiary/aromatic N) is 2. The molecule has 6 heteroatoms. The van der Waals surface area contributed by atoms with Gasteiger partial charge in [-0.2, -0.15) is 5.26 Å². The average molecular weight is 338 g/mol. The number of hydrogen-bond acceptors (Lipinski definition) is 3. The number of benzene rings is 1. The fourth-order valence-corrected chi connectivity index (χ4v) is 3.09. The number of ether oxygens (including phenoxy) is 1. The Morgan fingerprint density at radius 1 is 1.35 bits per heavy atom. The van der Waals surface area contributed by atoms with Gasteiger partial charge < -0.3 is 10.1 Å². The molecule has 1 aromatic rings. The molecule has 1 aromatic carbocycles. The summed E-state index contributed by atoms with van der Waals surface area (Å²) in [5, 5.41) is 11.7. The second-order valence-electron chi connectivity index (χ2n) is 4.85. The number of nitrogens with one attached hydrogen (secondary N) is 1. The first-order valence-corrected chi connectivity index (χ1v) is 7.02. The largest absolute Gasteiger partial charge is 0.496 e. The van der Waals surface area contributed by atoms with Crippen molar-refractivity contribution in [2.45, 2.75) is 26.8 Å². The highest BCUT2D eigenvalue weighted by molar-refractivity contribution is 9.10. The predicted molar refractivity (Wildman–Crippen MR) is 78.5 cm³/mol. The van der Waals surface area contributed by atoms with Crippen LogP contribution in [0.4, 0.5) is 4.79 Å². The minimum Gasteiger partial charge on any atom is -0.496 e. The van der Waals surface area contributed by atoms with E-state index in [9.17, 15) is 4.79 Å². The summed E-state index contributed by atoms with van der Waals surface area (Å²) in [6.45, 7) is 6.31. The first-order chi connectivity index (χ1) is 9.42. The lowest BCUT2D eigenvalue weighted by Crippen LogP contribution is -2.24. The molecule has 1 N–H and O–H groups in total. The van der Waals surface area contributed by atoms with Crippen LogP contribution in [0.1, 0.15) is 28.3 Å². The Bertz CT molecular complexity index is 622. The Kier molecular flexibility index (Phi) is 3.91. The summed E-state index contributed by atoms with van der Waals surface area (Å²) >= 11 is 3.59. The molecule has 0 aliphatic carbocycles. The molecule has 0 bridgehead atoms. The molecular formula is C14H16BrN3O2. The maximum absolute atomic E-state index is 11.7.